The predicted molar refractivity (Wildman–Crippen MR) is 119 cm³/mol. The van der Waals surface area contributed by atoms with Gasteiger partial charge in [-0.1, -0.05) is 25.1 Å². The van der Waals surface area contributed by atoms with Gasteiger partial charge in [-0.2, -0.15) is 0 Å². The third-order valence-electron chi connectivity index (χ3n) is 3.83. The summed E-state index contributed by atoms with van der Waals surface area (Å²) in [4.78, 5) is 35.5. The van der Waals surface area contributed by atoms with Crippen LogP contribution >= 0.6 is 12.2 Å². The molecule has 0 aliphatic carbocycles. The lowest BCUT2D eigenvalue weighted by Crippen LogP contribution is -2.48. The summed E-state index contributed by atoms with van der Waals surface area (Å²) in [6.07, 6.45) is 3.26. The molecule has 0 heterocycles. The Kier molecular flexibility index (Phi) is 8.52. The first-order chi connectivity index (χ1) is 14.4. The second-order valence-electron chi connectivity index (χ2n) is 5.95. The number of carbonyl (C=O) groups is 3. The number of hydrogen-bond donors (Lipinski definition) is 4. The summed E-state index contributed by atoms with van der Waals surface area (Å²) in [5, 5.41) is 5.05. The first-order valence-corrected chi connectivity index (χ1v) is 9.46. The zero-order valence-corrected chi connectivity index (χ0v) is 17.3. The number of hydrogen-bond acceptors (Lipinski definition) is 5. The van der Waals surface area contributed by atoms with Crippen molar-refractivity contribution in [2.45, 2.75) is 13.3 Å². The van der Waals surface area contributed by atoms with Gasteiger partial charge in [-0.05, 0) is 48.6 Å². The molecule has 0 radical (unpaired) electrons. The SMILES string of the molecule is CCC(=O)Nc1ccc(C(=O)NNC(=S)NC(=O)/C=C/c2ccccc2OC)cc1. The lowest BCUT2D eigenvalue weighted by Gasteiger charge is -2.10. The Morgan fingerprint density at radius 2 is 1.73 bits per heavy atom. The second kappa shape index (κ2) is 11.3. The number of anilines is 1. The minimum Gasteiger partial charge on any atom is -0.496 e. The van der Waals surface area contributed by atoms with Crippen molar-refractivity contribution in [3.8, 4) is 5.75 Å². The highest BCUT2D eigenvalue weighted by Crippen LogP contribution is 2.18. The van der Waals surface area contributed by atoms with Crippen LogP contribution in [-0.2, 0) is 9.59 Å². The molecule has 0 aromatic heterocycles. The Balaban J connectivity index is 1.82. The zero-order valence-electron chi connectivity index (χ0n) is 16.5. The normalized spacial score (nSPS) is 10.2. The highest BCUT2D eigenvalue weighted by Gasteiger charge is 2.08. The lowest BCUT2D eigenvalue weighted by atomic mass is 10.2. The van der Waals surface area contributed by atoms with Gasteiger partial charge >= 0.3 is 0 Å². The number of carbonyl (C=O) groups excluding carboxylic acids is 3. The summed E-state index contributed by atoms with van der Waals surface area (Å²) in [5.41, 5.74) is 6.53. The molecular weight excluding hydrogens is 404 g/mol. The molecule has 4 N–H and O–H groups in total. The van der Waals surface area contributed by atoms with Gasteiger partial charge in [-0.25, -0.2) is 0 Å². The van der Waals surface area contributed by atoms with Crippen LogP contribution in [0.1, 0.15) is 29.3 Å². The summed E-state index contributed by atoms with van der Waals surface area (Å²) in [6.45, 7) is 1.75. The lowest BCUT2D eigenvalue weighted by molar-refractivity contribution is -0.116. The Hall–Kier alpha value is -3.72. The molecule has 9 heteroatoms. The van der Waals surface area contributed by atoms with Crippen LogP contribution in [0.2, 0.25) is 0 Å². The van der Waals surface area contributed by atoms with Gasteiger partial charge in [0.1, 0.15) is 5.75 Å². The highest BCUT2D eigenvalue weighted by molar-refractivity contribution is 7.80. The van der Waals surface area contributed by atoms with Crippen LogP contribution in [0.25, 0.3) is 6.08 Å². The van der Waals surface area contributed by atoms with Gasteiger partial charge in [0.2, 0.25) is 11.8 Å². The molecule has 0 bridgehead atoms. The Morgan fingerprint density at radius 3 is 2.40 bits per heavy atom. The third kappa shape index (κ3) is 7.02. The van der Waals surface area contributed by atoms with Gasteiger partial charge in [0.05, 0.1) is 7.11 Å². The number of rotatable bonds is 6. The summed E-state index contributed by atoms with van der Waals surface area (Å²) >= 11 is 5.00. The number of para-hydroxylation sites is 1. The molecule has 0 aliphatic rings. The van der Waals surface area contributed by atoms with E-state index in [1.807, 2.05) is 12.1 Å². The molecule has 156 valence electrons. The maximum absolute atomic E-state index is 12.1. The molecule has 2 aromatic carbocycles. The molecule has 0 fully saturated rings. The summed E-state index contributed by atoms with van der Waals surface area (Å²) in [5.74, 6) is -0.405. The maximum atomic E-state index is 12.1. The number of nitrogens with one attached hydrogen (secondary N) is 4. The first kappa shape index (κ1) is 22.6. The van der Waals surface area contributed by atoms with Crippen molar-refractivity contribution in [1.82, 2.24) is 16.2 Å². The van der Waals surface area contributed by atoms with Crippen molar-refractivity contribution >= 4 is 46.8 Å². The predicted octanol–water partition coefficient (Wildman–Crippen LogP) is 2.39. The quantitative estimate of drug-likeness (QED) is 0.321. The van der Waals surface area contributed by atoms with Gasteiger partial charge < -0.3 is 10.1 Å². The molecule has 0 spiro atoms. The molecule has 0 saturated carbocycles. The fourth-order valence-electron chi connectivity index (χ4n) is 2.29. The van der Waals surface area contributed by atoms with Gasteiger partial charge in [0.25, 0.3) is 5.91 Å². The molecule has 0 aliphatic heterocycles. The van der Waals surface area contributed by atoms with Crippen molar-refractivity contribution in [2.24, 2.45) is 0 Å². The molecule has 8 nitrogen and oxygen atoms in total. The molecule has 0 atom stereocenters. The maximum Gasteiger partial charge on any atom is 0.269 e. The van der Waals surface area contributed by atoms with E-state index in [9.17, 15) is 14.4 Å². The van der Waals surface area contributed by atoms with E-state index in [-0.39, 0.29) is 11.0 Å². The number of hydrazine groups is 1. The van der Waals surface area contributed by atoms with Crippen LogP contribution in [0.3, 0.4) is 0 Å². The van der Waals surface area contributed by atoms with E-state index in [4.69, 9.17) is 17.0 Å². The van der Waals surface area contributed by atoms with Gasteiger partial charge in [-0.3, -0.25) is 30.6 Å². The number of amides is 3. The fraction of sp³-hybridized carbons (Fsp3) is 0.143. The number of thiocarbonyl (C=S) groups is 1. The molecule has 2 aromatic rings. The van der Waals surface area contributed by atoms with Gasteiger partial charge in [0, 0.05) is 29.3 Å². The van der Waals surface area contributed by atoms with Gasteiger partial charge in [0.15, 0.2) is 5.11 Å². The number of ether oxygens (including phenoxy) is 1. The average molecular weight is 426 g/mol. The van der Waals surface area contributed by atoms with Crippen LogP contribution in [0.15, 0.2) is 54.6 Å². The van der Waals surface area contributed by atoms with Crippen LogP contribution in [0.4, 0.5) is 5.69 Å². The summed E-state index contributed by atoms with van der Waals surface area (Å²) < 4.78 is 5.21. The largest absolute Gasteiger partial charge is 0.496 e. The Morgan fingerprint density at radius 1 is 1.03 bits per heavy atom. The Bertz CT molecular complexity index is 958. The van der Waals surface area contributed by atoms with Crippen LogP contribution in [0.5, 0.6) is 5.75 Å². The summed E-state index contributed by atoms with van der Waals surface area (Å²) in [6, 6.07) is 13.6. The fourth-order valence-corrected chi connectivity index (χ4v) is 2.45. The zero-order chi connectivity index (χ0) is 21.9. The van der Waals surface area contributed by atoms with Crippen molar-refractivity contribution < 1.29 is 19.1 Å². The molecule has 3 amide bonds. The van der Waals surface area contributed by atoms with Crippen LogP contribution in [-0.4, -0.2) is 29.9 Å². The Labute approximate surface area is 179 Å². The molecular formula is C21H22N4O4S. The van der Waals surface area contributed by atoms with E-state index in [1.165, 1.54) is 6.08 Å². The standard InChI is InChI=1S/C21H22N4O4S/c1-3-18(26)22-16-11-8-15(9-12-16)20(28)24-25-21(30)23-19(27)13-10-14-6-4-5-7-17(14)29-2/h4-13H,3H2,1-2H3,(H,22,26)(H,24,28)(H2,23,25,27,30)/b13-10+. The van der Waals surface area contributed by atoms with Crippen molar-refractivity contribution in [3.63, 3.8) is 0 Å². The van der Waals surface area contributed by atoms with E-state index < -0.39 is 11.8 Å². The first-order valence-electron chi connectivity index (χ1n) is 9.05. The van der Waals surface area contributed by atoms with Gasteiger partial charge in [-0.15, -0.1) is 0 Å². The van der Waals surface area contributed by atoms with E-state index in [1.54, 1.807) is 56.5 Å². The molecule has 0 unspecified atom stereocenters. The van der Waals surface area contributed by atoms with Crippen LogP contribution < -0.4 is 26.2 Å². The smallest absolute Gasteiger partial charge is 0.269 e. The highest BCUT2D eigenvalue weighted by atomic mass is 32.1. The molecule has 30 heavy (non-hydrogen) atoms. The van der Waals surface area contributed by atoms with Crippen molar-refractivity contribution in [1.29, 1.82) is 0 Å². The average Bonchev–Trinajstić information content (AvgIpc) is 2.76. The second-order valence-corrected chi connectivity index (χ2v) is 6.36. The minimum absolute atomic E-state index is 0.0649. The molecule has 2 rings (SSSR count). The van der Waals surface area contributed by atoms with Crippen molar-refractivity contribution in [2.75, 3.05) is 12.4 Å². The topological polar surface area (TPSA) is 109 Å². The third-order valence-corrected chi connectivity index (χ3v) is 4.04. The monoisotopic (exact) mass is 426 g/mol. The molecule has 0 saturated heterocycles. The number of methoxy groups -OCH3 is 1. The van der Waals surface area contributed by atoms with E-state index in [2.05, 4.69) is 21.5 Å². The van der Waals surface area contributed by atoms with Crippen LogP contribution in [0, 0.1) is 0 Å². The number of benzene rings is 2. The minimum atomic E-state index is -0.469. The van der Waals surface area contributed by atoms with Crippen molar-refractivity contribution in [3.05, 3.63) is 65.7 Å². The summed E-state index contributed by atoms with van der Waals surface area (Å²) in [7, 11) is 1.54. The van der Waals surface area contributed by atoms with E-state index >= 15 is 0 Å². The van der Waals surface area contributed by atoms with E-state index in [0.29, 0.717) is 23.4 Å². The van der Waals surface area contributed by atoms with E-state index in [0.717, 1.165) is 5.56 Å².